The van der Waals surface area contributed by atoms with Crippen LogP contribution in [-0.2, 0) is 14.4 Å². The number of hydrogen-bond donors (Lipinski definition) is 1. The molecule has 3 heterocycles. The summed E-state index contributed by atoms with van der Waals surface area (Å²) < 4.78 is 0. The minimum Gasteiger partial charge on any atom is -0.369 e. The van der Waals surface area contributed by atoms with Gasteiger partial charge in [0.15, 0.2) is 0 Å². The van der Waals surface area contributed by atoms with E-state index in [2.05, 4.69) is 46.3 Å². The Morgan fingerprint density at radius 2 is 1.86 bits per heavy atom. The van der Waals surface area contributed by atoms with Gasteiger partial charge in [-0.2, -0.15) is 0 Å². The van der Waals surface area contributed by atoms with E-state index in [1.54, 1.807) is 17.0 Å². The number of hydrogen-bond acceptors (Lipinski definition) is 7. The van der Waals surface area contributed by atoms with Gasteiger partial charge in [-0.05, 0) is 55.6 Å². The highest BCUT2D eigenvalue weighted by Gasteiger charge is 2.37. The third-order valence-corrected chi connectivity index (χ3v) is 6.88. The number of piperazine rings is 1. The summed E-state index contributed by atoms with van der Waals surface area (Å²) in [5.41, 5.74) is 4.72. The molecule has 2 aromatic rings. The van der Waals surface area contributed by atoms with Gasteiger partial charge in [0.25, 0.3) is 5.91 Å². The van der Waals surface area contributed by atoms with Gasteiger partial charge in [0.1, 0.15) is 0 Å². The molecule has 2 aliphatic rings. The Morgan fingerprint density at radius 1 is 1.08 bits per heavy atom. The minimum absolute atomic E-state index is 0.238. The van der Waals surface area contributed by atoms with Crippen LogP contribution in [0, 0.1) is 5.92 Å². The molecule has 3 amide bonds. The molecule has 10 nitrogen and oxygen atoms in total. The van der Waals surface area contributed by atoms with Crippen LogP contribution in [0.25, 0.3) is 0 Å². The zero-order valence-electron chi connectivity index (χ0n) is 21.1. The quantitative estimate of drug-likeness (QED) is 0.512. The molecule has 0 bridgehead atoms. The number of likely N-dealkylation sites (tertiary alicyclic amines) is 1. The average molecular weight is 495 g/mol. The maximum absolute atomic E-state index is 13.4. The number of anilines is 1. The molecule has 1 aromatic carbocycles. The molecule has 1 aromatic heterocycles. The lowest BCUT2D eigenvalue weighted by molar-refractivity contribution is -0.194. The molecule has 0 unspecified atom stereocenters. The first-order chi connectivity index (χ1) is 17.4. The van der Waals surface area contributed by atoms with E-state index in [1.807, 2.05) is 12.1 Å². The molecule has 192 valence electrons. The van der Waals surface area contributed by atoms with Crippen molar-refractivity contribution in [2.45, 2.75) is 25.8 Å². The van der Waals surface area contributed by atoms with Crippen molar-refractivity contribution in [1.82, 2.24) is 25.4 Å². The lowest BCUT2D eigenvalue weighted by Gasteiger charge is -2.40. The summed E-state index contributed by atoms with van der Waals surface area (Å²) in [4.78, 5) is 54.3. The number of carbonyl (C=O) groups is 3. The number of aromatic nitrogens is 1. The third kappa shape index (κ3) is 5.83. The number of hydrazine groups is 1. The van der Waals surface area contributed by atoms with Crippen LogP contribution >= 0.6 is 0 Å². The lowest BCUT2D eigenvalue weighted by atomic mass is 9.89. The van der Waals surface area contributed by atoms with Gasteiger partial charge in [0.05, 0.1) is 18.7 Å². The summed E-state index contributed by atoms with van der Waals surface area (Å²) in [5.74, 6) is -2.02. The van der Waals surface area contributed by atoms with Crippen LogP contribution in [0.3, 0.4) is 0 Å². The van der Waals surface area contributed by atoms with E-state index < -0.39 is 17.7 Å². The molecule has 2 atom stereocenters. The summed E-state index contributed by atoms with van der Waals surface area (Å²) in [6.07, 6.45) is 4.61. The Balaban J connectivity index is 1.51. The van der Waals surface area contributed by atoms with Crippen LogP contribution in [0.1, 0.15) is 41.7 Å². The van der Waals surface area contributed by atoms with E-state index in [0.717, 1.165) is 50.3 Å². The first-order valence-electron chi connectivity index (χ1n) is 12.3. The summed E-state index contributed by atoms with van der Waals surface area (Å²) in [6.45, 7) is 6.41. The van der Waals surface area contributed by atoms with Crippen molar-refractivity contribution in [1.29, 1.82) is 0 Å². The van der Waals surface area contributed by atoms with Gasteiger partial charge >= 0.3 is 11.8 Å². The molecule has 2 saturated heterocycles. The van der Waals surface area contributed by atoms with Crippen molar-refractivity contribution >= 4 is 23.4 Å². The van der Waals surface area contributed by atoms with Crippen molar-refractivity contribution in [3.05, 3.63) is 59.9 Å². The van der Waals surface area contributed by atoms with Gasteiger partial charge < -0.3 is 14.7 Å². The Kier molecular flexibility index (Phi) is 8.17. The molecular weight excluding hydrogens is 460 g/mol. The number of piperidine rings is 1. The van der Waals surface area contributed by atoms with Crippen LogP contribution < -0.4 is 10.3 Å². The highest BCUT2D eigenvalue weighted by molar-refractivity contribution is 6.34. The minimum atomic E-state index is -0.955. The Bertz CT molecular complexity index is 1070. The van der Waals surface area contributed by atoms with Crippen molar-refractivity contribution in [2.75, 3.05) is 51.8 Å². The summed E-state index contributed by atoms with van der Waals surface area (Å²) in [5, 5.41) is 0.592. The number of rotatable bonds is 4. The second-order valence-electron chi connectivity index (χ2n) is 9.51. The lowest BCUT2D eigenvalue weighted by Crippen LogP contribution is -2.54. The normalized spacial score (nSPS) is 20.6. The fourth-order valence-electron chi connectivity index (χ4n) is 4.76. The molecule has 2 aliphatic heterocycles. The number of carbonyl (C=O) groups excluding carboxylic acids is 3. The van der Waals surface area contributed by atoms with Crippen LogP contribution in [0.5, 0.6) is 0 Å². The first kappa shape index (κ1) is 25.6. The number of amides is 3. The summed E-state index contributed by atoms with van der Waals surface area (Å²) in [7, 11) is 3.35. The standard InChI is InChI=1S/C26H34N6O4/c1-19-9-10-23(20-6-4-8-22(16-20)30-14-12-29(2)13-15-30)31(18-19)25(34)26(35)32(36-3)28-24(33)21-7-5-11-27-17-21/h4-8,11,16-17,19,23H,9-10,12-15,18H2,1-3H3,(H,28,33)/t19-,23+/m0/s1. The van der Waals surface area contributed by atoms with Gasteiger partial charge in [0, 0.05) is 50.8 Å². The van der Waals surface area contributed by atoms with Crippen molar-refractivity contribution < 1.29 is 19.2 Å². The van der Waals surface area contributed by atoms with E-state index in [9.17, 15) is 14.4 Å². The van der Waals surface area contributed by atoms with E-state index in [-0.39, 0.29) is 17.5 Å². The number of pyridine rings is 1. The Morgan fingerprint density at radius 3 is 2.56 bits per heavy atom. The molecule has 4 rings (SSSR count). The number of benzene rings is 1. The zero-order valence-corrected chi connectivity index (χ0v) is 21.1. The molecule has 0 radical (unpaired) electrons. The second-order valence-corrected chi connectivity index (χ2v) is 9.51. The second kappa shape index (κ2) is 11.5. The number of nitrogens with zero attached hydrogens (tertiary/aromatic N) is 5. The number of nitrogens with one attached hydrogen (secondary N) is 1. The molecule has 2 fully saturated rings. The average Bonchev–Trinajstić information content (AvgIpc) is 2.91. The van der Waals surface area contributed by atoms with Crippen molar-refractivity contribution in [3.63, 3.8) is 0 Å². The Labute approximate surface area is 211 Å². The molecule has 0 saturated carbocycles. The monoisotopic (exact) mass is 494 g/mol. The maximum atomic E-state index is 13.4. The van der Waals surface area contributed by atoms with Gasteiger partial charge in [-0.15, -0.1) is 5.17 Å². The molecule has 0 aliphatic carbocycles. The SMILES string of the molecule is CON(NC(=O)c1cccnc1)C(=O)C(=O)N1C[C@@H](C)CC[C@@H]1c1cccc(N2CCN(C)CC2)c1. The van der Waals surface area contributed by atoms with Crippen LogP contribution in [0.4, 0.5) is 5.69 Å². The summed E-state index contributed by atoms with van der Waals surface area (Å²) in [6, 6.07) is 11.2. The predicted molar refractivity (Wildman–Crippen MR) is 135 cm³/mol. The fourth-order valence-corrected chi connectivity index (χ4v) is 4.76. The van der Waals surface area contributed by atoms with Crippen LogP contribution in [0.2, 0.25) is 0 Å². The van der Waals surface area contributed by atoms with E-state index >= 15 is 0 Å². The smallest absolute Gasteiger partial charge is 0.355 e. The maximum Gasteiger partial charge on any atom is 0.355 e. The molecular formula is C26H34N6O4. The molecule has 0 spiro atoms. The highest BCUT2D eigenvalue weighted by Crippen LogP contribution is 2.35. The van der Waals surface area contributed by atoms with Gasteiger partial charge in [-0.25, -0.2) is 5.43 Å². The molecule has 10 heteroatoms. The highest BCUT2D eigenvalue weighted by atomic mass is 16.7. The zero-order chi connectivity index (χ0) is 25.7. The fraction of sp³-hybridized carbons (Fsp3) is 0.462. The van der Waals surface area contributed by atoms with Crippen LogP contribution in [0.15, 0.2) is 48.8 Å². The summed E-state index contributed by atoms with van der Waals surface area (Å²) >= 11 is 0. The van der Waals surface area contributed by atoms with E-state index in [1.165, 1.54) is 19.5 Å². The number of hydroxylamine groups is 1. The van der Waals surface area contributed by atoms with Gasteiger partial charge in [-0.3, -0.25) is 24.2 Å². The van der Waals surface area contributed by atoms with Crippen molar-refractivity contribution in [3.8, 4) is 0 Å². The predicted octanol–water partition coefficient (Wildman–Crippen LogP) is 1.87. The molecule has 36 heavy (non-hydrogen) atoms. The van der Waals surface area contributed by atoms with E-state index in [0.29, 0.717) is 11.7 Å². The first-order valence-corrected chi connectivity index (χ1v) is 12.3. The Hall–Kier alpha value is -3.50. The van der Waals surface area contributed by atoms with Gasteiger partial charge in [-0.1, -0.05) is 19.1 Å². The third-order valence-electron chi connectivity index (χ3n) is 6.88. The van der Waals surface area contributed by atoms with Crippen LogP contribution in [-0.4, -0.2) is 84.6 Å². The topological polar surface area (TPSA) is 98.3 Å². The number of likely N-dealkylation sites (N-methyl/N-ethyl adjacent to an activating group) is 1. The van der Waals surface area contributed by atoms with E-state index in [4.69, 9.17) is 4.84 Å². The molecule has 1 N–H and O–H groups in total. The van der Waals surface area contributed by atoms with Crippen molar-refractivity contribution in [2.24, 2.45) is 5.92 Å². The largest absolute Gasteiger partial charge is 0.369 e. The van der Waals surface area contributed by atoms with Gasteiger partial charge in [0.2, 0.25) is 0 Å².